The summed E-state index contributed by atoms with van der Waals surface area (Å²) in [5.41, 5.74) is 2.33. The molecule has 2 aromatic heterocycles. The van der Waals surface area contributed by atoms with Crippen molar-refractivity contribution in [3.8, 4) is 0 Å². The minimum absolute atomic E-state index is 0.506. The molecular formula is C21H28N6O2. The molecule has 3 aromatic rings. The van der Waals surface area contributed by atoms with E-state index in [-0.39, 0.29) is 0 Å². The van der Waals surface area contributed by atoms with Gasteiger partial charge in [0.25, 0.3) is 0 Å². The van der Waals surface area contributed by atoms with E-state index in [1.165, 1.54) is 5.56 Å². The number of aliphatic imine (C=N–C) groups is 1. The molecule has 0 atom stereocenters. The minimum Gasteiger partial charge on any atom is -0.467 e. The summed E-state index contributed by atoms with van der Waals surface area (Å²) in [7, 11) is 0. The van der Waals surface area contributed by atoms with Gasteiger partial charge >= 0.3 is 0 Å². The van der Waals surface area contributed by atoms with Gasteiger partial charge in [0.1, 0.15) is 25.0 Å². The van der Waals surface area contributed by atoms with Crippen LogP contribution < -0.4 is 10.6 Å². The standard InChI is InChI=1S/C21H28N6O2/c1-2-23-21(24-9-5-10-28-15-20-8-4-11-29-20)25-13-18-6-3-7-19(12-18)14-27-17-22-16-26-27/h3-4,6-8,11-12,16-17H,2,5,9-10,13-15H2,1H3,(H2,23,24,25). The van der Waals surface area contributed by atoms with Crippen molar-refractivity contribution in [3.63, 3.8) is 0 Å². The molecule has 0 fully saturated rings. The van der Waals surface area contributed by atoms with Crippen LogP contribution in [-0.2, 0) is 24.4 Å². The molecule has 0 aliphatic carbocycles. The summed E-state index contributed by atoms with van der Waals surface area (Å²) < 4.78 is 12.7. The molecule has 8 nitrogen and oxygen atoms in total. The first kappa shape index (κ1) is 20.6. The number of hydrogen-bond donors (Lipinski definition) is 2. The van der Waals surface area contributed by atoms with E-state index in [9.17, 15) is 0 Å². The van der Waals surface area contributed by atoms with E-state index in [2.05, 4.69) is 50.8 Å². The number of benzene rings is 1. The molecule has 0 radical (unpaired) electrons. The molecule has 8 heteroatoms. The highest BCUT2D eigenvalue weighted by atomic mass is 16.5. The fraction of sp³-hybridized carbons (Fsp3) is 0.381. The second kappa shape index (κ2) is 11.7. The number of nitrogens with zero attached hydrogens (tertiary/aromatic N) is 4. The average Bonchev–Trinajstić information content (AvgIpc) is 3.43. The lowest BCUT2D eigenvalue weighted by Crippen LogP contribution is -2.38. The molecule has 0 spiro atoms. The van der Waals surface area contributed by atoms with Gasteiger partial charge in [-0.05, 0) is 36.6 Å². The van der Waals surface area contributed by atoms with Gasteiger partial charge in [0, 0.05) is 19.7 Å². The third-order valence-corrected chi connectivity index (χ3v) is 4.15. The van der Waals surface area contributed by atoms with Gasteiger partial charge in [-0.15, -0.1) is 0 Å². The van der Waals surface area contributed by atoms with Crippen LogP contribution in [0.2, 0.25) is 0 Å². The third-order valence-electron chi connectivity index (χ3n) is 4.15. The number of nitrogens with one attached hydrogen (secondary N) is 2. The van der Waals surface area contributed by atoms with Gasteiger partial charge in [-0.1, -0.05) is 24.3 Å². The predicted octanol–water partition coefficient (Wildman–Crippen LogP) is 2.58. The van der Waals surface area contributed by atoms with Crippen molar-refractivity contribution < 1.29 is 9.15 Å². The number of rotatable bonds is 11. The maximum absolute atomic E-state index is 5.60. The number of aromatic nitrogens is 3. The maximum atomic E-state index is 5.60. The molecule has 2 N–H and O–H groups in total. The molecule has 1 aromatic carbocycles. The van der Waals surface area contributed by atoms with E-state index in [0.29, 0.717) is 26.3 Å². The Hall–Kier alpha value is -3.13. The molecule has 0 aliphatic rings. The highest BCUT2D eigenvalue weighted by molar-refractivity contribution is 5.79. The van der Waals surface area contributed by atoms with Crippen molar-refractivity contribution >= 4 is 5.96 Å². The first-order valence-electron chi connectivity index (χ1n) is 9.86. The van der Waals surface area contributed by atoms with Gasteiger partial charge in [-0.3, -0.25) is 0 Å². The van der Waals surface area contributed by atoms with Gasteiger partial charge in [-0.2, -0.15) is 5.10 Å². The Balaban J connectivity index is 1.42. The summed E-state index contributed by atoms with van der Waals surface area (Å²) >= 11 is 0. The van der Waals surface area contributed by atoms with E-state index in [4.69, 9.17) is 9.15 Å². The Morgan fingerprint density at radius 3 is 2.93 bits per heavy atom. The molecule has 0 unspecified atom stereocenters. The molecule has 154 valence electrons. The third kappa shape index (κ3) is 7.42. The summed E-state index contributed by atoms with van der Waals surface area (Å²) in [5.74, 6) is 1.65. The van der Waals surface area contributed by atoms with Crippen LogP contribution in [0.15, 0.2) is 64.7 Å². The van der Waals surface area contributed by atoms with Crippen LogP contribution in [0.4, 0.5) is 0 Å². The average molecular weight is 396 g/mol. The smallest absolute Gasteiger partial charge is 0.191 e. The van der Waals surface area contributed by atoms with Crippen LogP contribution in [0.3, 0.4) is 0 Å². The zero-order valence-electron chi connectivity index (χ0n) is 16.8. The summed E-state index contributed by atoms with van der Waals surface area (Å²) in [6, 6.07) is 12.1. The second-order valence-corrected chi connectivity index (χ2v) is 6.52. The highest BCUT2D eigenvalue weighted by Crippen LogP contribution is 2.08. The van der Waals surface area contributed by atoms with Crippen molar-refractivity contribution in [2.75, 3.05) is 19.7 Å². The predicted molar refractivity (Wildman–Crippen MR) is 111 cm³/mol. The summed E-state index contributed by atoms with van der Waals surface area (Å²) in [5, 5.41) is 10.8. The highest BCUT2D eigenvalue weighted by Gasteiger charge is 2.01. The van der Waals surface area contributed by atoms with Crippen LogP contribution in [-0.4, -0.2) is 40.4 Å². The van der Waals surface area contributed by atoms with Crippen LogP contribution in [0, 0.1) is 0 Å². The Labute approximate surface area is 171 Å². The Bertz CT molecular complexity index is 846. The molecule has 0 bridgehead atoms. The quantitative estimate of drug-likeness (QED) is 0.294. The molecule has 0 saturated heterocycles. The van der Waals surface area contributed by atoms with E-state index in [1.54, 1.807) is 18.9 Å². The summed E-state index contributed by atoms with van der Waals surface area (Å²) in [4.78, 5) is 8.66. The van der Waals surface area contributed by atoms with Crippen molar-refractivity contribution in [1.29, 1.82) is 0 Å². The lowest BCUT2D eigenvalue weighted by atomic mass is 10.1. The maximum Gasteiger partial charge on any atom is 0.191 e. The number of furan rings is 1. The Morgan fingerprint density at radius 1 is 1.21 bits per heavy atom. The Kier molecular flexibility index (Phi) is 8.28. The zero-order valence-corrected chi connectivity index (χ0v) is 16.8. The van der Waals surface area contributed by atoms with Crippen LogP contribution in [0.1, 0.15) is 30.2 Å². The second-order valence-electron chi connectivity index (χ2n) is 6.52. The summed E-state index contributed by atoms with van der Waals surface area (Å²) in [6.45, 7) is 6.14. The molecule has 0 amide bonds. The minimum atomic E-state index is 0.506. The lowest BCUT2D eigenvalue weighted by molar-refractivity contribution is 0.105. The molecular weight excluding hydrogens is 368 g/mol. The van der Waals surface area contributed by atoms with E-state index in [1.807, 2.05) is 22.9 Å². The van der Waals surface area contributed by atoms with Gasteiger partial charge < -0.3 is 19.8 Å². The number of guanidine groups is 1. The molecule has 29 heavy (non-hydrogen) atoms. The first-order valence-corrected chi connectivity index (χ1v) is 9.86. The molecule has 2 heterocycles. The SMILES string of the molecule is CCNC(=NCc1cccc(Cn2cncn2)c1)NCCCOCc1ccco1. The lowest BCUT2D eigenvalue weighted by Gasteiger charge is -2.11. The van der Waals surface area contributed by atoms with Crippen molar-refractivity contribution in [1.82, 2.24) is 25.4 Å². The number of hydrogen-bond acceptors (Lipinski definition) is 5. The molecule has 3 rings (SSSR count). The monoisotopic (exact) mass is 396 g/mol. The van der Waals surface area contributed by atoms with Crippen molar-refractivity contribution in [2.24, 2.45) is 4.99 Å². The van der Waals surface area contributed by atoms with Crippen molar-refractivity contribution in [2.45, 2.75) is 33.0 Å². The zero-order chi connectivity index (χ0) is 20.2. The Morgan fingerprint density at radius 2 is 2.14 bits per heavy atom. The molecule has 0 aliphatic heterocycles. The van der Waals surface area contributed by atoms with E-state index >= 15 is 0 Å². The topological polar surface area (TPSA) is 89.5 Å². The molecule has 0 saturated carbocycles. The van der Waals surface area contributed by atoms with Crippen LogP contribution in [0.5, 0.6) is 0 Å². The van der Waals surface area contributed by atoms with Crippen LogP contribution >= 0.6 is 0 Å². The summed E-state index contributed by atoms with van der Waals surface area (Å²) in [6.07, 6.45) is 5.81. The van der Waals surface area contributed by atoms with Gasteiger partial charge in [0.15, 0.2) is 5.96 Å². The van der Waals surface area contributed by atoms with Gasteiger partial charge in [0.2, 0.25) is 0 Å². The van der Waals surface area contributed by atoms with Gasteiger partial charge in [-0.25, -0.2) is 14.7 Å². The first-order chi connectivity index (χ1) is 14.3. The van der Waals surface area contributed by atoms with Gasteiger partial charge in [0.05, 0.1) is 19.4 Å². The number of ether oxygens (including phenoxy) is 1. The van der Waals surface area contributed by atoms with Crippen LogP contribution in [0.25, 0.3) is 0 Å². The normalized spacial score (nSPS) is 11.6. The van der Waals surface area contributed by atoms with E-state index < -0.39 is 0 Å². The van der Waals surface area contributed by atoms with E-state index in [0.717, 1.165) is 36.8 Å². The fourth-order valence-corrected chi connectivity index (χ4v) is 2.79. The largest absolute Gasteiger partial charge is 0.467 e. The fourth-order valence-electron chi connectivity index (χ4n) is 2.79. The van der Waals surface area contributed by atoms with Crippen molar-refractivity contribution in [3.05, 3.63) is 72.2 Å².